The van der Waals surface area contributed by atoms with Crippen molar-refractivity contribution >= 4 is 34.8 Å². The Morgan fingerprint density at radius 1 is 0.967 bits per heavy atom. The van der Waals surface area contributed by atoms with Crippen molar-refractivity contribution in [2.45, 2.75) is 27.4 Å². The third-order valence-corrected chi connectivity index (χ3v) is 5.43. The first-order valence-corrected chi connectivity index (χ1v) is 10.2. The maximum Gasteiger partial charge on any atom is 0.255 e. The minimum atomic E-state index is -0.300. The number of amides is 1. The van der Waals surface area contributed by atoms with Gasteiger partial charge in [-0.3, -0.25) is 4.79 Å². The topological polar surface area (TPSA) is 47.6 Å². The molecule has 156 valence electrons. The van der Waals surface area contributed by atoms with Gasteiger partial charge in [0.25, 0.3) is 5.91 Å². The molecular formula is C24H23Cl2NO3. The number of hydrogen-bond acceptors (Lipinski definition) is 3. The van der Waals surface area contributed by atoms with Crippen LogP contribution in [0, 0.1) is 20.8 Å². The fraction of sp³-hybridized carbons (Fsp3) is 0.208. The van der Waals surface area contributed by atoms with Crippen LogP contribution < -0.4 is 14.8 Å². The molecule has 0 radical (unpaired) electrons. The summed E-state index contributed by atoms with van der Waals surface area (Å²) in [5.41, 5.74) is 5.07. The van der Waals surface area contributed by atoms with Gasteiger partial charge in [-0.15, -0.1) is 0 Å². The molecule has 0 spiro atoms. The van der Waals surface area contributed by atoms with E-state index in [1.54, 1.807) is 43.5 Å². The number of ether oxygens (including phenoxy) is 2. The van der Waals surface area contributed by atoms with Crippen LogP contribution in [-0.4, -0.2) is 13.0 Å². The second-order valence-corrected chi connectivity index (χ2v) is 7.94. The largest absolute Gasteiger partial charge is 0.496 e. The number of hydrogen-bond donors (Lipinski definition) is 1. The maximum atomic E-state index is 12.8. The quantitative estimate of drug-likeness (QED) is 0.457. The van der Waals surface area contributed by atoms with Crippen LogP contribution in [0.25, 0.3) is 0 Å². The predicted molar refractivity (Wildman–Crippen MR) is 122 cm³/mol. The summed E-state index contributed by atoms with van der Waals surface area (Å²) in [6.07, 6.45) is 0. The van der Waals surface area contributed by atoms with Crippen LogP contribution in [0.2, 0.25) is 10.0 Å². The average molecular weight is 444 g/mol. The Morgan fingerprint density at radius 2 is 1.73 bits per heavy atom. The highest BCUT2D eigenvalue weighted by molar-refractivity contribution is 6.35. The van der Waals surface area contributed by atoms with Gasteiger partial charge in [-0.25, -0.2) is 0 Å². The minimum Gasteiger partial charge on any atom is -0.496 e. The fourth-order valence-electron chi connectivity index (χ4n) is 3.13. The van der Waals surface area contributed by atoms with Gasteiger partial charge < -0.3 is 14.8 Å². The van der Waals surface area contributed by atoms with Crippen LogP contribution in [0.5, 0.6) is 11.5 Å². The van der Waals surface area contributed by atoms with Crippen molar-refractivity contribution in [3.8, 4) is 11.5 Å². The molecule has 0 saturated carbocycles. The van der Waals surface area contributed by atoms with Gasteiger partial charge in [0.2, 0.25) is 0 Å². The van der Waals surface area contributed by atoms with Gasteiger partial charge in [-0.1, -0.05) is 29.3 Å². The number of methoxy groups -OCH3 is 1. The lowest BCUT2D eigenvalue weighted by atomic mass is 10.1. The number of carbonyl (C=O) groups is 1. The summed E-state index contributed by atoms with van der Waals surface area (Å²) < 4.78 is 11.5. The lowest BCUT2D eigenvalue weighted by molar-refractivity contribution is 0.102. The zero-order valence-corrected chi connectivity index (χ0v) is 18.8. The van der Waals surface area contributed by atoms with Gasteiger partial charge in [0.05, 0.1) is 17.8 Å². The number of aryl methyl sites for hydroxylation is 2. The van der Waals surface area contributed by atoms with Crippen molar-refractivity contribution in [1.29, 1.82) is 0 Å². The van der Waals surface area contributed by atoms with Crippen LogP contribution in [-0.2, 0) is 6.61 Å². The van der Waals surface area contributed by atoms with E-state index < -0.39 is 0 Å². The molecule has 30 heavy (non-hydrogen) atoms. The first-order valence-electron chi connectivity index (χ1n) is 9.42. The first kappa shape index (κ1) is 22.0. The molecule has 4 nitrogen and oxygen atoms in total. The Bertz CT molecular complexity index is 1100. The van der Waals surface area contributed by atoms with Crippen molar-refractivity contribution in [2.24, 2.45) is 0 Å². The summed E-state index contributed by atoms with van der Waals surface area (Å²) in [5, 5.41) is 3.69. The highest BCUT2D eigenvalue weighted by Crippen LogP contribution is 2.28. The molecule has 1 amide bonds. The highest BCUT2D eigenvalue weighted by Gasteiger charge is 2.14. The summed E-state index contributed by atoms with van der Waals surface area (Å²) in [7, 11) is 1.59. The number of rotatable bonds is 6. The molecule has 3 aromatic rings. The minimum absolute atomic E-state index is 0.270. The van der Waals surface area contributed by atoms with E-state index in [0.29, 0.717) is 27.0 Å². The molecule has 3 aromatic carbocycles. The molecule has 0 atom stereocenters. The van der Waals surface area contributed by atoms with E-state index in [1.807, 2.05) is 19.9 Å². The molecule has 0 aliphatic carbocycles. The van der Waals surface area contributed by atoms with E-state index >= 15 is 0 Å². The van der Waals surface area contributed by atoms with E-state index in [1.165, 1.54) is 5.56 Å². The predicted octanol–water partition coefficient (Wildman–Crippen LogP) is 6.76. The Balaban J connectivity index is 1.83. The van der Waals surface area contributed by atoms with Crippen molar-refractivity contribution in [3.63, 3.8) is 0 Å². The molecule has 0 fully saturated rings. The van der Waals surface area contributed by atoms with E-state index in [2.05, 4.69) is 18.3 Å². The molecule has 0 aromatic heterocycles. The molecule has 1 N–H and O–H groups in total. The summed E-state index contributed by atoms with van der Waals surface area (Å²) in [6, 6.07) is 14.2. The number of halogens is 2. The summed E-state index contributed by atoms with van der Waals surface area (Å²) in [5.74, 6) is 1.16. The van der Waals surface area contributed by atoms with E-state index in [-0.39, 0.29) is 12.5 Å². The van der Waals surface area contributed by atoms with Gasteiger partial charge in [0.1, 0.15) is 18.1 Å². The standard InChI is InChI=1S/C24H23Cl2NO3/c1-14-9-15(2)16(3)23(10-14)30-13-18-11-17(5-8-22(18)29-4)24(28)27-21-12-19(25)6-7-20(21)26/h5-12H,13H2,1-4H3,(H,27,28). The second kappa shape index (κ2) is 9.41. The van der Waals surface area contributed by atoms with Crippen LogP contribution in [0.15, 0.2) is 48.5 Å². The zero-order chi connectivity index (χ0) is 21.8. The van der Waals surface area contributed by atoms with E-state index in [9.17, 15) is 4.79 Å². The lowest BCUT2D eigenvalue weighted by Crippen LogP contribution is -2.13. The number of carbonyl (C=O) groups excluding carboxylic acids is 1. The average Bonchev–Trinajstić information content (AvgIpc) is 2.72. The van der Waals surface area contributed by atoms with Gasteiger partial charge in [0.15, 0.2) is 0 Å². The summed E-state index contributed by atoms with van der Waals surface area (Å²) in [6.45, 7) is 6.39. The summed E-state index contributed by atoms with van der Waals surface area (Å²) >= 11 is 12.2. The van der Waals surface area contributed by atoms with Crippen LogP contribution in [0.1, 0.15) is 32.6 Å². The van der Waals surface area contributed by atoms with Crippen molar-refractivity contribution in [2.75, 3.05) is 12.4 Å². The van der Waals surface area contributed by atoms with Crippen molar-refractivity contribution in [1.82, 2.24) is 0 Å². The highest BCUT2D eigenvalue weighted by atomic mass is 35.5. The Hall–Kier alpha value is -2.69. The van der Waals surface area contributed by atoms with E-state index in [0.717, 1.165) is 22.4 Å². The van der Waals surface area contributed by atoms with Crippen molar-refractivity contribution < 1.29 is 14.3 Å². The van der Waals surface area contributed by atoms with Gasteiger partial charge in [0, 0.05) is 16.1 Å². The van der Waals surface area contributed by atoms with Crippen molar-refractivity contribution in [3.05, 3.63) is 86.4 Å². The third kappa shape index (κ3) is 5.07. The van der Waals surface area contributed by atoms with Crippen LogP contribution >= 0.6 is 23.2 Å². The summed E-state index contributed by atoms with van der Waals surface area (Å²) in [4.78, 5) is 12.8. The SMILES string of the molecule is COc1ccc(C(=O)Nc2cc(Cl)ccc2Cl)cc1COc1cc(C)cc(C)c1C. The molecule has 3 rings (SSSR count). The number of benzene rings is 3. The number of anilines is 1. The van der Waals surface area contributed by atoms with Gasteiger partial charge >= 0.3 is 0 Å². The van der Waals surface area contributed by atoms with E-state index in [4.69, 9.17) is 32.7 Å². The van der Waals surface area contributed by atoms with Crippen LogP contribution in [0.3, 0.4) is 0 Å². The molecular weight excluding hydrogens is 421 g/mol. The second-order valence-electron chi connectivity index (χ2n) is 7.10. The van der Waals surface area contributed by atoms with Crippen LogP contribution in [0.4, 0.5) is 5.69 Å². The smallest absolute Gasteiger partial charge is 0.255 e. The third-order valence-electron chi connectivity index (χ3n) is 4.87. The molecule has 0 aliphatic rings. The Labute approximate surface area is 186 Å². The molecule has 0 saturated heterocycles. The molecule has 6 heteroatoms. The first-order chi connectivity index (χ1) is 14.3. The lowest BCUT2D eigenvalue weighted by Gasteiger charge is -2.15. The number of nitrogens with one attached hydrogen (secondary N) is 1. The maximum absolute atomic E-state index is 12.8. The molecule has 0 bridgehead atoms. The zero-order valence-electron chi connectivity index (χ0n) is 17.3. The normalized spacial score (nSPS) is 10.6. The molecule has 0 unspecified atom stereocenters. The Kier molecular flexibility index (Phi) is 6.91. The van der Waals surface area contributed by atoms with Gasteiger partial charge in [-0.2, -0.15) is 0 Å². The monoisotopic (exact) mass is 443 g/mol. The Morgan fingerprint density at radius 3 is 2.47 bits per heavy atom. The molecule has 0 heterocycles. The van der Waals surface area contributed by atoms with Gasteiger partial charge in [-0.05, 0) is 79.9 Å². The molecule has 0 aliphatic heterocycles. The fourth-order valence-corrected chi connectivity index (χ4v) is 3.46.